The monoisotopic (exact) mass is 174 g/mol. The molecular formula is C9H22N2O. The van der Waals surface area contributed by atoms with Crippen LogP contribution in [-0.2, 0) is 4.74 Å². The van der Waals surface area contributed by atoms with Crippen molar-refractivity contribution < 1.29 is 4.74 Å². The summed E-state index contributed by atoms with van der Waals surface area (Å²) in [4.78, 5) is 0. The van der Waals surface area contributed by atoms with E-state index in [9.17, 15) is 0 Å². The van der Waals surface area contributed by atoms with Crippen molar-refractivity contribution in [2.45, 2.75) is 45.6 Å². The molecule has 3 N–H and O–H groups in total. The van der Waals surface area contributed by atoms with Crippen LogP contribution in [-0.4, -0.2) is 19.3 Å². The van der Waals surface area contributed by atoms with E-state index in [-0.39, 0.29) is 0 Å². The Morgan fingerprint density at radius 2 is 1.92 bits per heavy atom. The van der Waals surface area contributed by atoms with Gasteiger partial charge in [-0.15, -0.1) is 0 Å². The molecule has 0 heterocycles. The van der Waals surface area contributed by atoms with Crippen molar-refractivity contribution in [3.8, 4) is 0 Å². The zero-order valence-corrected chi connectivity index (χ0v) is 8.31. The maximum Gasteiger partial charge on any atom is 0.0481 e. The molecule has 0 saturated heterocycles. The van der Waals surface area contributed by atoms with Crippen LogP contribution in [0, 0.1) is 0 Å². The highest BCUT2D eigenvalue weighted by molar-refractivity contribution is 4.61. The predicted octanol–water partition coefficient (Wildman–Crippen LogP) is 1.44. The van der Waals surface area contributed by atoms with Crippen LogP contribution in [0.1, 0.15) is 39.5 Å². The summed E-state index contributed by atoms with van der Waals surface area (Å²) < 4.78 is 5.37. The van der Waals surface area contributed by atoms with E-state index in [4.69, 9.17) is 10.6 Å². The molecular weight excluding hydrogens is 152 g/mol. The lowest BCUT2D eigenvalue weighted by Crippen LogP contribution is -2.35. The van der Waals surface area contributed by atoms with Gasteiger partial charge in [0, 0.05) is 19.3 Å². The van der Waals surface area contributed by atoms with E-state index in [0.717, 1.165) is 32.5 Å². The Morgan fingerprint density at radius 3 is 2.42 bits per heavy atom. The van der Waals surface area contributed by atoms with Gasteiger partial charge >= 0.3 is 0 Å². The third-order valence-corrected chi connectivity index (χ3v) is 1.83. The second kappa shape index (κ2) is 8.97. The molecule has 0 aromatic heterocycles. The number of nitrogens with one attached hydrogen (secondary N) is 1. The molecule has 0 bridgehead atoms. The smallest absolute Gasteiger partial charge is 0.0481 e. The van der Waals surface area contributed by atoms with Gasteiger partial charge in [0.05, 0.1) is 0 Å². The van der Waals surface area contributed by atoms with E-state index < -0.39 is 0 Å². The highest BCUT2D eigenvalue weighted by Gasteiger charge is 2.03. The minimum absolute atomic E-state index is 0.423. The van der Waals surface area contributed by atoms with Gasteiger partial charge in [0.15, 0.2) is 0 Å². The van der Waals surface area contributed by atoms with E-state index >= 15 is 0 Å². The lowest BCUT2D eigenvalue weighted by atomic mass is 10.1. The summed E-state index contributed by atoms with van der Waals surface area (Å²) in [5.41, 5.74) is 2.80. The standard InChI is InChI=1S/C9H22N2O/c1-3-5-9(11-10)6-8-12-7-4-2/h9,11H,3-8,10H2,1-2H3. The number of hydrazine groups is 1. The Labute approximate surface area is 75.6 Å². The lowest BCUT2D eigenvalue weighted by molar-refractivity contribution is 0.123. The molecule has 0 rings (SSSR count). The van der Waals surface area contributed by atoms with Gasteiger partial charge in [-0.05, 0) is 19.3 Å². The Morgan fingerprint density at radius 1 is 1.17 bits per heavy atom. The molecule has 1 unspecified atom stereocenters. The molecule has 0 spiro atoms. The molecule has 12 heavy (non-hydrogen) atoms. The zero-order chi connectivity index (χ0) is 9.23. The van der Waals surface area contributed by atoms with Crippen LogP contribution in [0.15, 0.2) is 0 Å². The third-order valence-electron chi connectivity index (χ3n) is 1.83. The van der Waals surface area contributed by atoms with Crippen LogP contribution in [0.3, 0.4) is 0 Å². The molecule has 0 saturated carbocycles. The first-order valence-corrected chi connectivity index (χ1v) is 4.89. The van der Waals surface area contributed by atoms with E-state index in [1.807, 2.05) is 0 Å². The minimum Gasteiger partial charge on any atom is -0.381 e. The van der Waals surface area contributed by atoms with Crippen molar-refractivity contribution in [2.75, 3.05) is 13.2 Å². The van der Waals surface area contributed by atoms with Crippen LogP contribution in [0.5, 0.6) is 0 Å². The molecule has 0 aromatic rings. The van der Waals surface area contributed by atoms with E-state index in [2.05, 4.69) is 19.3 Å². The average Bonchev–Trinajstić information content (AvgIpc) is 2.10. The Kier molecular flexibility index (Phi) is 8.88. The summed E-state index contributed by atoms with van der Waals surface area (Å²) in [7, 11) is 0. The second-order valence-corrected chi connectivity index (χ2v) is 3.05. The summed E-state index contributed by atoms with van der Waals surface area (Å²) in [6.07, 6.45) is 4.41. The first-order valence-electron chi connectivity index (χ1n) is 4.89. The first-order chi connectivity index (χ1) is 5.85. The Balaban J connectivity index is 3.19. The van der Waals surface area contributed by atoms with Crippen LogP contribution in [0.4, 0.5) is 0 Å². The van der Waals surface area contributed by atoms with Crippen molar-refractivity contribution in [3.05, 3.63) is 0 Å². The summed E-state index contributed by atoms with van der Waals surface area (Å²) in [6, 6.07) is 0.423. The molecule has 74 valence electrons. The number of nitrogens with two attached hydrogens (primary N) is 1. The van der Waals surface area contributed by atoms with Gasteiger partial charge < -0.3 is 4.74 Å². The van der Waals surface area contributed by atoms with Crippen LogP contribution < -0.4 is 11.3 Å². The summed E-state index contributed by atoms with van der Waals surface area (Å²) in [5.74, 6) is 5.37. The molecule has 0 amide bonds. The third kappa shape index (κ3) is 6.58. The molecule has 0 aliphatic carbocycles. The summed E-state index contributed by atoms with van der Waals surface area (Å²) in [6.45, 7) is 5.97. The molecule has 0 fully saturated rings. The molecule has 0 aliphatic rings. The van der Waals surface area contributed by atoms with Gasteiger partial charge in [0.2, 0.25) is 0 Å². The first kappa shape index (κ1) is 11.9. The maximum absolute atomic E-state index is 5.37. The van der Waals surface area contributed by atoms with E-state index in [0.29, 0.717) is 6.04 Å². The molecule has 1 atom stereocenters. The fraction of sp³-hybridized carbons (Fsp3) is 1.00. The summed E-state index contributed by atoms with van der Waals surface area (Å²) in [5, 5.41) is 0. The van der Waals surface area contributed by atoms with Gasteiger partial charge in [-0.2, -0.15) is 0 Å². The van der Waals surface area contributed by atoms with Crippen LogP contribution in [0.25, 0.3) is 0 Å². The van der Waals surface area contributed by atoms with Gasteiger partial charge in [-0.1, -0.05) is 20.3 Å². The van der Waals surface area contributed by atoms with Crippen molar-refractivity contribution in [1.82, 2.24) is 5.43 Å². The quantitative estimate of drug-likeness (QED) is 0.332. The number of rotatable bonds is 8. The molecule has 0 radical (unpaired) electrons. The van der Waals surface area contributed by atoms with E-state index in [1.54, 1.807) is 0 Å². The SMILES string of the molecule is CCCOCCC(CCC)NN. The Hall–Kier alpha value is -0.120. The molecule has 3 nitrogen and oxygen atoms in total. The largest absolute Gasteiger partial charge is 0.381 e. The highest BCUT2D eigenvalue weighted by atomic mass is 16.5. The predicted molar refractivity (Wildman–Crippen MR) is 51.7 cm³/mol. The highest BCUT2D eigenvalue weighted by Crippen LogP contribution is 2.00. The van der Waals surface area contributed by atoms with Crippen molar-refractivity contribution in [1.29, 1.82) is 0 Å². The van der Waals surface area contributed by atoms with E-state index in [1.165, 1.54) is 6.42 Å². The Bertz CT molecular complexity index is 88.6. The van der Waals surface area contributed by atoms with Gasteiger partial charge in [-0.25, -0.2) is 0 Å². The number of hydrogen-bond donors (Lipinski definition) is 2. The van der Waals surface area contributed by atoms with Crippen molar-refractivity contribution >= 4 is 0 Å². The number of ether oxygens (including phenoxy) is 1. The van der Waals surface area contributed by atoms with Gasteiger partial charge in [0.25, 0.3) is 0 Å². The minimum atomic E-state index is 0.423. The molecule has 0 aromatic carbocycles. The van der Waals surface area contributed by atoms with Crippen molar-refractivity contribution in [2.24, 2.45) is 5.84 Å². The molecule has 0 aliphatic heterocycles. The van der Waals surface area contributed by atoms with Crippen molar-refractivity contribution in [3.63, 3.8) is 0 Å². The van der Waals surface area contributed by atoms with Gasteiger partial charge in [0.1, 0.15) is 0 Å². The number of hydrogen-bond acceptors (Lipinski definition) is 3. The lowest BCUT2D eigenvalue weighted by Gasteiger charge is -2.14. The molecule has 3 heteroatoms. The van der Waals surface area contributed by atoms with Gasteiger partial charge in [-0.3, -0.25) is 11.3 Å². The fourth-order valence-corrected chi connectivity index (χ4v) is 1.13. The topological polar surface area (TPSA) is 47.3 Å². The average molecular weight is 174 g/mol. The maximum atomic E-state index is 5.37. The van der Waals surface area contributed by atoms with Crippen LogP contribution >= 0.6 is 0 Å². The summed E-state index contributed by atoms with van der Waals surface area (Å²) >= 11 is 0. The zero-order valence-electron chi connectivity index (χ0n) is 8.31. The normalized spacial score (nSPS) is 13.2. The van der Waals surface area contributed by atoms with Crippen LogP contribution in [0.2, 0.25) is 0 Å². The fourth-order valence-electron chi connectivity index (χ4n) is 1.13. The second-order valence-electron chi connectivity index (χ2n) is 3.05.